The number of carbonyl (C=O) groups is 1. The molecule has 0 bridgehead atoms. The summed E-state index contributed by atoms with van der Waals surface area (Å²) in [5, 5.41) is 0. The van der Waals surface area contributed by atoms with E-state index in [-0.39, 0.29) is 11.4 Å². The van der Waals surface area contributed by atoms with Gasteiger partial charge in [-0.25, -0.2) is 0 Å². The molecule has 1 rings (SSSR count). The van der Waals surface area contributed by atoms with E-state index in [2.05, 4.69) is 20.8 Å². The monoisotopic (exact) mass is 198 g/mol. The summed E-state index contributed by atoms with van der Waals surface area (Å²) in [6, 6.07) is 0. The summed E-state index contributed by atoms with van der Waals surface area (Å²) >= 11 is 0. The zero-order valence-corrected chi connectivity index (χ0v) is 9.76. The molecule has 14 heavy (non-hydrogen) atoms. The molecule has 2 N–H and O–H groups in total. The number of likely N-dealkylation sites (N-methyl/N-ethyl adjacent to an activating group) is 1. The lowest BCUT2D eigenvalue weighted by Gasteiger charge is -2.44. The third-order valence-electron chi connectivity index (χ3n) is 3.75. The summed E-state index contributed by atoms with van der Waals surface area (Å²) in [5.41, 5.74) is 5.37. The molecule has 0 aliphatic heterocycles. The molecule has 3 heteroatoms. The predicted molar refractivity (Wildman–Crippen MR) is 57.9 cm³/mol. The lowest BCUT2D eigenvalue weighted by Crippen LogP contribution is -2.62. The van der Waals surface area contributed by atoms with Crippen LogP contribution in [0.25, 0.3) is 0 Å². The second kappa shape index (κ2) is 3.54. The first-order chi connectivity index (χ1) is 6.33. The first-order valence-electron chi connectivity index (χ1n) is 5.40. The van der Waals surface area contributed by atoms with Gasteiger partial charge in [0, 0.05) is 12.6 Å². The minimum absolute atomic E-state index is 0.0843. The summed E-state index contributed by atoms with van der Waals surface area (Å²) in [5.74, 6) is 0.107. The fraction of sp³-hybridized carbons (Fsp3) is 0.909. The zero-order valence-electron chi connectivity index (χ0n) is 9.76. The molecule has 0 radical (unpaired) electrons. The Morgan fingerprint density at radius 3 is 2.29 bits per heavy atom. The van der Waals surface area contributed by atoms with E-state index in [9.17, 15) is 4.79 Å². The van der Waals surface area contributed by atoms with Crippen LogP contribution in [0.15, 0.2) is 0 Å². The van der Waals surface area contributed by atoms with Crippen molar-refractivity contribution in [3.8, 4) is 0 Å². The fourth-order valence-electron chi connectivity index (χ4n) is 1.62. The number of nitrogens with two attached hydrogens (primary N) is 1. The number of carbonyl (C=O) groups excluding carboxylic acids is 1. The van der Waals surface area contributed by atoms with Crippen LogP contribution < -0.4 is 5.73 Å². The van der Waals surface area contributed by atoms with Gasteiger partial charge in [0.05, 0.1) is 5.54 Å². The first-order valence-corrected chi connectivity index (χ1v) is 5.40. The molecule has 1 aliphatic rings. The van der Waals surface area contributed by atoms with Gasteiger partial charge in [-0.15, -0.1) is 0 Å². The molecule has 0 spiro atoms. The molecule has 0 heterocycles. The minimum Gasteiger partial charge on any atom is -0.339 e. The van der Waals surface area contributed by atoms with Crippen molar-refractivity contribution in [1.29, 1.82) is 0 Å². The highest BCUT2D eigenvalue weighted by molar-refractivity contribution is 5.87. The average Bonchev–Trinajstić information content (AvgIpc) is 2.11. The normalized spacial score (nSPS) is 20.1. The predicted octanol–water partition coefficient (Wildman–Crippen LogP) is 1.51. The van der Waals surface area contributed by atoms with Gasteiger partial charge in [0.25, 0.3) is 0 Å². The molecule has 0 unspecified atom stereocenters. The first kappa shape index (κ1) is 11.5. The Morgan fingerprint density at radius 1 is 1.50 bits per heavy atom. The number of hydrogen-bond acceptors (Lipinski definition) is 2. The molecule has 0 atom stereocenters. The summed E-state index contributed by atoms with van der Waals surface area (Å²) in [7, 11) is 1.86. The van der Waals surface area contributed by atoms with Crippen LogP contribution in [0.5, 0.6) is 0 Å². The Kier molecular flexibility index (Phi) is 2.91. The third-order valence-corrected chi connectivity index (χ3v) is 3.75. The van der Waals surface area contributed by atoms with E-state index in [1.54, 1.807) is 0 Å². The van der Waals surface area contributed by atoms with Crippen LogP contribution in [0, 0.1) is 0 Å². The lowest BCUT2D eigenvalue weighted by molar-refractivity contribution is -0.143. The maximum Gasteiger partial charge on any atom is 0.242 e. The van der Waals surface area contributed by atoms with Crippen molar-refractivity contribution in [3.05, 3.63) is 0 Å². The Morgan fingerprint density at radius 2 is 2.00 bits per heavy atom. The highest BCUT2D eigenvalue weighted by Crippen LogP contribution is 2.32. The quantitative estimate of drug-likeness (QED) is 0.747. The summed E-state index contributed by atoms with van der Waals surface area (Å²) in [6.07, 6.45) is 3.72. The van der Waals surface area contributed by atoms with Gasteiger partial charge in [-0.3, -0.25) is 4.79 Å². The summed E-state index contributed by atoms with van der Waals surface area (Å²) < 4.78 is 0. The molecule has 0 aromatic rings. The largest absolute Gasteiger partial charge is 0.339 e. The maximum absolute atomic E-state index is 12.1. The highest BCUT2D eigenvalue weighted by atomic mass is 16.2. The minimum atomic E-state index is -0.554. The van der Waals surface area contributed by atoms with Crippen molar-refractivity contribution >= 4 is 5.91 Å². The van der Waals surface area contributed by atoms with E-state index in [1.807, 2.05) is 11.9 Å². The summed E-state index contributed by atoms with van der Waals surface area (Å²) in [4.78, 5) is 13.9. The SMILES string of the molecule is CCC(C)(C)N(C)C(=O)C1(N)CCC1. The molecule has 0 aromatic heterocycles. The topological polar surface area (TPSA) is 46.3 Å². The third kappa shape index (κ3) is 1.78. The zero-order chi connectivity index (χ0) is 11.0. The van der Waals surface area contributed by atoms with Crippen LogP contribution in [0.2, 0.25) is 0 Å². The maximum atomic E-state index is 12.1. The molecule has 1 aliphatic carbocycles. The number of hydrogen-bond donors (Lipinski definition) is 1. The van der Waals surface area contributed by atoms with Crippen molar-refractivity contribution in [2.75, 3.05) is 7.05 Å². The average molecular weight is 198 g/mol. The smallest absolute Gasteiger partial charge is 0.242 e. The Bertz CT molecular complexity index is 231. The molecule has 3 nitrogen and oxygen atoms in total. The molecular formula is C11H22N2O. The van der Waals surface area contributed by atoms with Gasteiger partial charge >= 0.3 is 0 Å². The molecular weight excluding hydrogens is 176 g/mol. The van der Waals surface area contributed by atoms with Crippen LogP contribution in [0.4, 0.5) is 0 Å². The highest BCUT2D eigenvalue weighted by Gasteiger charge is 2.44. The number of rotatable bonds is 3. The van der Waals surface area contributed by atoms with Crippen LogP contribution in [0.1, 0.15) is 46.5 Å². The molecule has 0 saturated heterocycles. The van der Waals surface area contributed by atoms with Crippen molar-refractivity contribution in [1.82, 2.24) is 4.90 Å². The van der Waals surface area contributed by atoms with Gasteiger partial charge < -0.3 is 10.6 Å². The summed E-state index contributed by atoms with van der Waals surface area (Å²) in [6.45, 7) is 6.24. The van der Waals surface area contributed by atoms with Gasteiger partial charge in [0.1, 0.15) is 0 Å². The Labute approximate surface area is 86.6 Å². The van der Waals surface area contributed by atoms with Crippen molar-refractivity contribution in [2.24, 2.45) is 5.73 Å². The Balaban J connectivity index is 2.69. The fourth-order valence-corrected chi connectivity index (χ4v) is 1.62. The van der Waals surface area contributed by atoms with Gasteiger partial charge in [0.2, 0.25) is 5.91 Å². The van der Waals surface area contributed by atoms with E-state index >= 15 is 0 Å². The molecule has 1 fully saturated rings. The molecule has 1 saturated carbocycles. The van der Waals surface area contributed by atoms with Crippen LogP contribution in [-0.4, -0.2) is 28.9 Å². The second-order valence-electron chi connectivity index (χ2n) is 5.04. The van der Waals surface area contributed by atoms with Crippen molar-refractivity contribution in [2.45, 2.75) is 57.5 Å². The van der Waals surface area contributed by atoms with E-state index in [1.165, 1.54) is 0 Å². The van der Waals surface area contributed by atoms with Crippen LogP contribution >= 0.6 is 0 Å². The number of nitrogens with zero attached hydrogens (tertiary/aromatic N) is 1. The van der Waals surface area contributed by atoms with Gasteiger partial charge in [-0.2, -0.15) is 0 Å². The second-order valence-corrected chi connectivity index (χ2v) is 5.04. The number of amides is 1. The molecule has 1 amide bonds. The van der Waals surface area contributed by atoms with Crippen molar-refractivity contribution in [3.63, 3.8) is 0 Å². The van der Waals surface area contributed by atoms with Gasteiger partial charge in [0.15, 0.2) is 0 Å². The molecule has 0 aromatic carbocycles. The van der Waals surface area contributed by atoms with Crippen molar-refractivity contribution < 1.29 is 4.79 Å². The van der Waals surface area contributed by atoms with E-state index in [0.29, 0.717) is 0 Å². The standard InChI is InChI=1S/C11H22N2O/c1-5-10(2,3)13(4)9(14)11(12)7-6-8-11/h5-8,12H2,1-4H3. The van der Waals surface area contributed by atoms with E-state index in [4.69, 9.17) is 5.73 Å². The van der Waals surface area contributed by atoms with Gasteiger partial charge in [-0.1, -0.05) is 6.92 Å². The lowest BCUT2D eigenvalue weighted by atomic mass is 9.76. The Hall–Kier alpha value is -0.570. The van der Waals surface area contributed by atoms with Gasteiger partial charge in [-0.05, 0) is 39.5 Å². The molecule has 82 valence electrons. The van der Waals surface area contributed by atoms with Crippen LogP contribution in [0.3, 0.4) is 0 Å². The van der Waals surface area contributed by atoms with E-state index < -0.39 is 5.54 Å². The van der Waals surface area contributed by atoms with E-state index in [0.717, 1.165) is 25.7 Å². The van der Waals surface area contributed by atoms with Crippen LogP contribution in [-0.2, 0) is 4.79 Å².